The van der Waals surface area contributed by atoms with Gasteiger partial charge in [-0.05, 0) is 31.9 Å². The molecule has 0 aromatic heterocycles. The van der Waals surface area contributed by atoms with Crippen LogP contribution in [0.5, 0.6) is 0 Å². The van der Waals surface area contributed by atoms with E-state index < -0.39 is 6.04 Å². The highest BCUT2D eigenvalue weighted by molar-refractivity contribution is 5.97. The summed E-state index contributed by atoms with van der Waals surface area (Å²) in [5, 5.41) is 5.38. The quantitative estimate of drug-likeness (QED) is 0.837. The van der Waals surface area contributed by atoms with Gasteiger partial charge in [0.25, 0.3) is 0 Å². The Balaban J connectivity index is 2.78. The number of carbonyl (C=O) groups excluding carboxylic acids is 2. The molecule has 0 spiro atoms. The number of hydrogen-bond donors (Lipinski definition) is 2. The van der Waals surface area contributed by atoms with E-state index in [0.29, 0.717) is 0 Å². The summed E-state index contributed by atoms with van der Waals surface area (Å²) in [7, 11) is 0. The van der Waals surface area contributed by atoms with Crippen LogP contribution in [0.15, 0.2) is 18.2 Å². The van der Waals surface area contributed by atoms with E-state index >= 15 is 0 Å². The normalized spacial score (nSPS) is 11.8. The maximum atomic E-state index is 11.8. The standard InChI is InChI=1S/C13H18N2O2/c1-8-6-5-7-9(2)12(8)15-13(17)10(3)14-11(4)16/h5-7,10H,1-4H3,(H,14,16)(H,15,17)/t10-/m0/s1. The lowest BCUT2D eigenvalue weighted by atomic mass is 10.1. The fourth-order valence-corrected chi connectivity index (χ4v) is 1.61. The molecule has 0 unspecified atom stereocenters. The lowest BCUT2D eigenvalue weighted by Gasteiger charge is -2.15. The lowest BCUT2D eigenvalue weighted by molar-refractivity contribution is -0.124. The largest absolute Gasteiger partial charge is 0.345 e. The van der Waals surface area contributed by atoms with Crippen molar-refractivity contribution in [2.75, 3.05) is 5.32 Å². The van der Waals surface area contributed by atoms with Crippen LogP contribution in [0.3, 0.4) is 0 Å². The Hall–Kier alpha value is -1.84. The van der Waals surface area contributed by atoms with Crippen molar-refractivity contribution in [3.63, 3.8) is 0 Å². The second-order valence-corrected chi connectivity index (χ2v) is 4.18. The maximum Gasteiger partial charge on any atom is 0.246 e. The number of anilines is 1. The van der Waals surface area contributed by atoms with Gasteiger partial charge in [0.1, 0.15) is 6.04 Å². The Morgan fingerprint density at radius 1 is 1.18 bits per heavy atom. The molecule has 0 heterocycles. The highest BCUT2D eigenvalue weighted by Crippen LogP contribution is 2.19. The summed E-state index contributed by atoms with van der Waals surface area (Å²) in [6, 6.07) is 5.28. The third kappa shape index (κ3) is 3.59. The van der Waals surface area contributed by atoms with Crippen LogP contribution in [0, 0.1) is 13.8 Å². The minimum atomic E-state index is -0.536. The Bertz CT molecular complexity index is 421. The van der Waals surface area contributed by atoms with Crippen LogP contribution in [-0.2, 0) is 9.59 Å². The molecule has 0 aliphatic carbocycles. The van der Waals surface area contributed by atoms with E-state index in [2.05, 4.69) is 10.6 Å². The van der Waals surface area contributed by atoms with E-state index in [0.717, 1.165) is 16.8 Å². The van der Waals surface area contributed by atoms with Crippen molar-refractivity contribution >= 4 is 17.5 Å². The number of amides is 2. The van der Waals surface area contributed by atoms with Gasteiger partial charge in [0.05, 0.1) is 0 Å². The Morgan fingerprint density at radius 2 is 1.71 bits per heavy atom. The van der Waals surface area contributed by atoms with Crippen molar-refractivity contribution in [2.24, 2.45) is 0 Å². The number of aryl methyl sites for hydroxylation is 2. The molecule has 2 amide bonds. The molecule has 0 fully saturated rings. The summed E-state index contributed by atoms with van der Waals surface area (Å²) in [5.41, 5.74) is 2.83. The van der Waals surface area contributed by atoms with Gasteiger partial charge in [-0.1, -0.05) is 18.2 Å². The van der Waals surface area contributed by atoms with Crippen LogP contribution in [0.2, 0.25) is 0 Å². The average Bonchev–Trinajstić information content (AvgIpc) is 2.22. The van der Waals surface area contributed by atoms with Gasteiger partial charge in [-0.25, -0.2) is 0 Å². The molecule has 4 heteroatoms. The van der Waals surface area contributed by atoms with Crippen LogP contribution in [0.1, 0.15) is 25.0 Å². The van der Waals surface area contributed by atoms with Gasteiger partial charge >= 0.3 is 0 Å². The third-order valence-electron chi connectivity index (χ3n) is 2.54. The Labute approximate surface area is 101 Å². The lowest BCUT2D eigenvalue weighted by Crippen LogP contribution is -2.40. The van der Waals surface area contributed by atoms with Crippen molar-refractivity contribution in [2.45, 2.75) is 33.7 Å². The molecule has 0 radical (unpaired) electrons. The van der Waals surface area contributed by atoms with Crippen LogP contribution < -0.4 is 10.6 Å². The summed E-state index contributed by atoms with van der Waals surface area (Å²) >= 11 is 0. The number of para-hydroxylation sites is 1. The zero-order valence-electron chi connectivity index (χ0n) is 10.6. The molecule has 4 nitrogen and oxygen atoms in total. The van der Waals surface area contributed by atoms with Gasteiger partial charge in [-0.2, -0.15) is 0 Å². The zero-order valence-corrected chi connectivity index (χ0v) is 10.6. The zero-order chi connectivity index (χ0) is 13.0. The van der Waals surface area contributed by atoms with Gasteiger partial charge < -0.3 is 10.6 Å². The van der Waals surface area contributed by atoms with Gasteiger partial charge in [0.15, 0.2) is 0 Å². The van der Waals surface area contributed by atoms with Gasteiger partial charge in [0, 0.05) is 12.6 Å². The minimum Gasteiger partial charge on any atom is -0.345 e. The smallest absolute Gasteiger partial charge is 0.246 e. The summed E-state index contributed by atoms with van der Waals surface area (Å²) in [6.45, 7) is 6.92. The molecule has 0 saturated heterocycles. The molecule has 1 aromatic carbocycles. The van der Waals surface area contributed by atoms with E-state index in [9.17, 15) is 9.59 Å². The first-order valence-electron chi connectivity index (χ1n) is 5.56. The average molecular weight is 234 g/mol. The first-order chi connectivity index (χ1) is 7.91. The van der Waals surface area contributed by atoms with E-state index in [1.54, 1.807) is 6.92 Å². The van der Waals surface area contributed by atoms with Crippen LogP contribution in [-0.4, -0.2) is 17.9 Å². The van der Waals surface area contributed by atoms with Gasteiger partial charge in [0.2, 0.25) is 11.8 Å². The van der Waals surface area contributed by atoms with E-state index in [-0.39, 0.29) is 11.8 Å². The number of rotatable bonds is 3. The second-order valence-electron chi connectivity index (χ2n) is 4.18. The molecular formula is C13H18N2O2. The van der Waals surface area contributed by atoms with Gasteiger partial charge in [-0.3, -0.25) is 9.59 Å². The fourth-order valence-electron chi connectivity index (χ4n) is 1.61. The monoisotopic (exact) mass is 234 g/mol. The SMILES string of the molecule is CC(=O)N[C@@H](C)C(=O)Nc1c(C)cccc1C. The molecule has 0 aliphatic rings. The summed E-state index contributed by atoms with van der Waals surface area (Å²) < 4.78 is 0. The van der Waals surface area contributed by atoms with Crippen LogP contribution in [0.25, 0.3) is 0 Å². The Morgan fingerprint density at radius 3 is 2.18 bits per heavy atom. The number of nitrogens with one attached hydrogen (secondary N) is 2. The fraction of sp³-hybridized carbons (Fsp3) is 0.385. The second kappa shape index (κ2) is 5.48. The molecule has 92 valence electrons. The molecule has 0 aliphatic heterocycles. The molecule has 0 saturated carbocycles. The van der Waals surface area contributed by atoms with E-state index in [1.807, 2.05) is 32.0 Å². The third-order valence-corrected chi connectivity index (χ3v) is 2.54. The Kier molecular flexibility index (Phi) is 4.26. The van der Waals surface area contributed by atoms with Crippen LogP contribution in [0.4, 0.5) is 5.69 Å². The number of benzene rings is 1. The minimum absolute atomic E-state index is 0.211. The molecule has 1 rings (SSSR count). The van der Waals surface area contributed by atoms with Gasteiger partial charge in [-0.15, -0.1) is 0 Å². The predicted octanol–water partition coefficient (Wildman–Crippen LogP) is 1.77. The van der Waals surface area contributed by atoms with Crippen molar-refractivity contribution in [3.8, 4) is 0 Å². The summed E-state index contributed by atoms with van der Waals surface area (Å²) in [4.78, 5) is 22.7. The predicted molar refractivity (Wildman–Crippen MR) is 67.8 cm³/mol. The van der Waals surface area contributed by atoms with E-state index in [1.165, 1.54) is 6.92 Å². The number of hydrogen-bond acceptors (Lipinski definition) is 2. The van der Waals surface area contributed by atoms with Crippen molar-refractivity contribution in [1.82, 2.24) is 5.32 Å². The van der Waals surface area contributed by atoms with Crippen molar-refractivity contribution < 1.29 is 9.59 Å². The molecule has 2 N–H and O–H groups in total. The highest BCUT2D eigenvalue weighted by atomic mass is 16.2. The maximum absolute atomic E-state index is 11.8. The molecule has 1 aromatic rings. The first-order valence-corrected chi connectivity index (χ1v) is 5.56. The molecular weight excluding hydrogens is 216 g/mol. The number of carbonyl (C=O) groups is 2. The summed E-state index contributed by atoms with van der Waals surface area (Å²) in [5.74, 6) is -0.424. The summed E-state index contributed by atoms with van der Waals surface area (Å²) in [6.07, 6.45) is 0. The van der Waals surface area contributed by atoms with E-state index in [4.69, 9.17) is 0 Å². The topological polar surface area (TPSA) is 58.2 Å². The molecule has 1 atom stereocenters. The molecule has 0 bridgehead atoms. The van der Waals surface area contributed by atoms with Crippen LogP contribution >= 0.6 is 0 Å². The van der Waals surface area contributed by atoms with Crippen molar-refractivity contribution in [1.29, 1.82) is 0 Å². The molecule has 17 heavy (non-hydrogen) atoms. The first kappa shape index (κ1) is 13.2. The highest BCUT2D eigenvalue weighted by Gasteiger charge is 2.15. The van der Waals surface area contributed by atoms with Crippen molar-refractivity contribution in [3.05, 3.63) is 29.3 Å².